The molecule has 0 spiro atoms. The van der Waals surface area contributed by atoms with Crippen LogP contribution in [0.25, 0.3) is 0 Å². The Morgan fingerprint density at radius 3 is 2.30 bits per heavy atom. The number of anilines is 1. The quantitative estimate of drug-likeness (QED) is 0.901. The Bertz CT molecular complexity index is 579. The summed E-state index contributed by atoms with van der Waals surface area (Å²) in [5.41, 5.74) is 9.34. The van der Waals surface area contributed by atoms with Gasteiger partial charge in [-0.05, 0) is 30.2 Å². The van der Waals surface area contributed by atoms with Crippen molar-refractivity contribution in [3.05, 3.63) is 58.2 Å². The van der Waals surface area contributed by atoms with Gasteiger partial charge in [0, 0.05) is 11.8 Å². The highest BCUT2D eigenvalue weighted by Gasteiger charge is 2.16. The van der Waals surface area contributed by atoms with Gasteiger partial charge < -0.3 is 11.1 Å². The van der Waals surface area contributed by atoms with E-state index in [2.05, 4.69) is 48.4 Å². The van der Waals surface area contributed by atoms with Gasteiger partial charge >= 0.3 is 0 Å². The maximum atomic E-state index is 6.03. The molecule has 3 N–H and O–H groups in total. The van der Waals surface area contributed by atoms with Crippen LogP contribution in [0.1, 0.15) is 42.5 Å². The molecule has 0 aliphatic rings. The number of nitrogens with one attached hydrogen (secondary N) is 1. The van der Waals surface area contributed by atoms with Crippen molar-refractivity contribution in [1.82, 2.24) is 10.3 Å². The van der Waals surface area contributed by atoms with Crippen LogP contribution in [0, 0.1) is 0 Å². The molecule has 0 radical (unpaired) electrons. The molecule has 1 aromatic carbocycles. The van der Waals surface area contributed by atoms with Crippen LogP contribution in [-0.4, -0.2) is 12.0 Å². The fourth-order valence-corrected chi connectivity index (χ4v) is 2.44. The molecule has 1 heterocycles. The summed E-state index contributed by atoms with van der Waals surface area (Å²) in [6.07, 6.45) is 1.56. The van der Waals surface area contributed by atoms with Crippen molar-refractivity contribution in [2.24, 2.45) is 0 Å². The van der Waals surface area contributed by atoms with Crippen molar-refractivity contribution in [3.8, 4) is 0 Å². The van der Waals surface area contributed by atoms with E-state index in [-0.39, 0.29) is 6.04 Å². The zero-order chi connectivity index (χ0) is 14.7. The molecule has 0 saturated carbocycles. The molecule has 2 rings (SSSR count). The summed E-state index contributed by atoms with van der Waals surface area (Å²) in [6, 6.07) is 10.4. The van der Waals surface area contributed by atoms with Crippen molar-refractivity contribution in [2.75, 3.05) is 12.8 Å². The maximum Gasteiger partial charge on any atom is 0.128 e. The van der Waals surface area contributed by atoms with E-state index in [9.17, 15) is 0 Å². The Hall–Kier alpha value is -1.58. The summed E-state index contributed by atoms with van der Waals surface area (Å²) in [4.78, 5) is 4.12. The second kappa shape index (κ2) is 6.25. The Morgan fingerprint density at radius 2 is 1.75 bits per heavy atom. The van der Waals surface area contributed by atoms with Gasteiger partial charge in [-0.25, -0.2) is 4.98 Å². The molecule has 3 nitrogen and oxygen atoms in total. The molecule has 0 fully saturated rings. The summed E-state index contributed by atoms with van der Waals surface area (Å²) in [6.45, 7) is 4.37. The summed E-state index contributed by atoms with van der Waals surface area (Å²) in [5, 5.41) is 3.86. The van der Waals surface area contributed by atoms with Crippen LogP contribution in [-0.2, 0) is 0 Å². The summed E-state index contributed by atoms with van der Waals surface area (Å²) >= 11 is 6.03. The minimum absolute atomic E-state index is 0.0117. The average molecular weight is 290 g/mol. The minimum Gasteiger partial charge on any atom is -0.383 e. The number of benzene rings is 1. The zero-order valence-corrected chi connectivity index (χ0v) is 12.8. The summed E-state index contributed by atoms with van der Waals surface area (Å²) < 4.78 is 0. The number of nitrogens with two attached hydrogens (primary N) is 1. The lowest BCUT2D eigenvalue weighted by Crippen LogP contribution is -2.19. The molecule has 2 aromatic rings. The topological polar surface area (TPSA) is 50.9 Å². The molecule has 1 unspecified atom stereocenters. The lowest BCUT2D eigenvalue weighted by atomic mass is 9.95. The minimum atomic E-state index is -0.0117. The Morgan fingerprint density at radius 1 is 1.15 bits per heavy atom. The zero-order valence-electron chi connectivity index (χ0n) is 12.0. The highest BCUT2D eigenvalue weighted by molar-refractivity contribution is 6.30. The van der Waals surface area contributed by atoms with Gasteiger partial charge in [-0.1, -0.05) is 49.7 Å². The number of nitrogens with zero attached hydrogens (tertiary/aromatic N) is 1. The average Bonchev–Trinajstić information content (AvgIpc) is 2.44. The third kappa shape index (κ3) is 3.11. The van der Waals surface area contributed by atoms with Gasteiger partial charge in [0.1, 0.15) is 5.82 Å². The van der Waals surface area contributed by atoms with Crippen LogP contribution in [0.4, 0.5) is 5.82 Å². The fraction of sp³-hybridized carbons (Fsp3) is 0.312. The van der Waals surface area contributed by atoms with Crippen LogP contribution in [0.15, 0.2) is 36.5 Å². The van der Waals surface area contributed by atoms with Crippen molar-refractivity contribution in [1.29, 1.82) is 0 Å². The van der Waals surface area contributed by atoms with Gasteiger partial charge in [-0.2, -0.15) is 0 Å². The molecule has 20 heavy (non-hydrogen) atoms. The van der Waals surface area contributed by atoms with E-state index in [1.54, 1.807) is 6.20 Å². The largest absolute Gasteiger partial charge is 0.383 e. The number of nitrogen functional groups attached to an aromatic ring is 1. The van der Waals surface area contributed by atoms with Crippen molar-refractivity contribution < 1.29 is 0 Å². The number of hydrogen-bond donors (Lipinski definition) is 2. The highest BCUT2D eigenvalue weighted by atomic mass is 35.5. The van der Waals surface area contributed by atoms with Crippen LogP contribution in [0.3, 0.4) is 0 Å². The second-order valence-corrected chi connectivity index (χ2v) is 5.61. The predicted molar refractivity (Wildman–Crippen MR) is 85.1 cm³/mol. The third-order valence-corrected chi connectivity index (χ3v) is 3.66. The van der Waals surface area contributed by atoms with Crippen LogP contribution in [0.5, 0.6) is 0 Å². The van der Waals surface area contributed by atoms with E-state index in [0.29, 0.717) is 16.8 Å². The molecule has 106 valence electrons. The molecule has 0 bridgehead atoms. The molecule has 1 aromatic heterocycles. The molecule has 0 amide bonds. The smallest absolute Gasteiger partial charge is 0.128 e. The third-order valence-electron chi connectivity index (χ3n) is 3.45. The van der Waals surface area contributed by atoms with Crippen LogP contribution in [0.2, 0.25) is 5.02 Å². The van der Waals surface area contributed by atoms with Crippen LogP contribution < -0.4 is 11.1 Å². The lowest BCUT2D eigenvalue weighted by Gasteiger charge is -2.19. The first-order valence-corrected chi connectivity index (χ1v) is 7.08. The first-order valence-electron chi connectivity index (χ1n) is 6.71. The van der Waals surface area contributed by atoms with Gasteiger partial charge in [0.25, 0.3) is 0 Å². The highest BCUT2D eigenvalue weighted by Crippen LogP contribution is 2.28. The van der Waals surface area contributed by atoms with Crippen molar-refractivity contribution >= 4 is 17.4 Å². The SMILES string of the molecule is CNC(c1ccc(C(C)C)cc1)c1cc(Cl)cnc1N. The lowest BCUT2D eigenvalue weighted by molar-refractivity contribution is 0.690. The van der Waals surface area contributed by atoms with E-state index < -0.39 is 0 Å². The maximum absolute atomic E-state index is 6.03. The van der Waals surface area contributed by atoms with Crippen LogP contribution >= 0.6 is 11.6 Å². The molecular formula is C16H20ClN3. The van der Waals surface area contributed by atoms with E-state index in [1.807, 2.05) is 13.1 Å². The summed E-state index contributed by atoms with van der Waals surface area (Å²) in [5.74, 6) is 1.02. The fourth-order valence-electron chi connectivity index (χ4n) is 2.27. The Labute approximate surface area is 125 Å². The number of aromatic nitrogens is 1. The normalized spacial score (nSPS) is 12.7. The molecule has 0 aliphatic heterocycles. The van der Waals surface area contributed by atoms with Gasteiger partial charge in [0.05, 0.1) is 11.1 Å². The van der Waals surface area contributed by atoms with E-state index >= 15 is 0 Å². The number of halogens is 1. The number of pyridine rings is 1. The van der Waals surface area contributed by atoms with Crippen molar-refractivity contribution in [2.45, 2.75) is 25.8 Å². The molecule has 4 heteroatoms. The predicted octanol–water partition coefficient (Wildman–Crippen LogP) is 3.75. The molecular weight excluding hydrogens is 270 g/mol. The monoisotopic (exact) mass is 289 g/mol. The molecule has 0 aliphatic carbocycles. The van der Waals surface area contributed by atoms with Gasteiger partial charge in [0.15, 0.2) is 0 Å². The van der Waals surface area contributed by atoms with E-state index in [1.165, 1.54) is 5.56 Å². The van der Waals surface area contributed by atoms with Gasteiger partial charge in [-0.15, -0.1) is 0 Å². The van der Waals surface area contributed by atoms with Crippen molar-refractivity contribution in [3.63, 3.8) is 0 Å². The summed E-state index contributed by atoms with van der Waals surface area (Å²) in [7, 11) is 1.90. The Kier molecular flexibility index (Phi) is 4.63. The Balaban J connectivity index is 2.39. The number of hydrogen-bond acceptors (Lipinski definition) is 3. The second-order valence-electron chi connectivity index (χ2n) is 5.17. The van der Waals surface area contributed by atoms with E-state index in [4.69, 9.17) is 17.3 Å². The first-order chi connectivity index (χ1) is 9.52. The molecule has 0 saturated heterocycles. The number of rotatable bonds is 4. The molecule has 1 atom stereocenters. The van der Waals surface area contributed by atoms with Gasteiger partial charge in [0.2, 0.25) is 0 Å². The van der Waals surface area contributed by atoms with Gasteiger partial charge in [-0.3, -0.25) is 0 Å². The standard InChI is InChI=1S/C16H20ClN3/c1-10(2)11-4-6-12(7-5-11)15(19-3)14-8-13(17)9-20-16(14)18/h4-10,15,19H,1-3H3,(H2,18,20). The first kappa shape index (κ1) is 14.8. The van der Waals surface area contributed by atoms with E-state index in [0.717, 1.165) is 11.1 Å².